The number of hydrogen-bond acceptors (Lipinski definition) is 8. The predicted molar refractivity (Wildman–Crippen MR) is 167 cm³/mol. The molecule has 0 bridgehead atoms. The van der Waals surface area contributed by atoms with Gasteiger partial charge in [-0.15, -0.1) is 0 Å². The van der Waals surface area contributed by atoms with Gasteiger partial charge in [0.1, 0.15) is 12.4 Å². The van der Waals surface area contributed by atoms with Crippen LogP contribution in [0.1, 0.15) is 31.2 Å². The summed E-state index contributed by atoms with van der Waals surface area (Å²) in [4.78, 5) is 33.0. The number of carbonyl (C=O) groups excluding carboxylic acids is 2. The summed E-state index contributed by atoms with van der Waals surface area (Å²) >= 11 is 0. The molecule has 0 aliphatic carbocycles. The van der Waals surface area contributed by atoms with Gasteiger partial charge in [0.05, 0.1) is 30.0 Å². The molecule has 0 radical (unpaired) electrons. The average molecular weight is 637 g/mol. The Morgan fingerprint density at radius 1 is 1.00 bits per heavy atom. The molecule has 45 heavy (non-hydrogen) atoms. The molecule has 0 unspecified atom stereocenters. The number of rotatable bonds is 14. The average Bonchev–Trinajstić information content (AvgIpc) is 3.51. The predicted octanol–water partition coefficient (Wildman–Crippen LogP) is 5.64. The number of nitrogens with zero attached hydrogens (tertiary/aromatic N) is 4. The van der Waals surface area contributed by atoms with Crippen molar-refractivity contribution in [2.45, 2.75) is 32.3 Å². The Kier molecular flexibility index (Phi) is 10.9. The summed E-state index contributed by atoms with van der Waals surface area (Å²) in [6.07, 6.45) is 9.39. The lowest BCUT2D eigenvalue weighted by molar-refractivity contribution is -0.118. The van der Waals surface area contributed by atoms with Gasteiger partial charge in [-0.1, -0.05) is 12.7 Å². The SMILES string of the molecule is C=C/C=N\c1cc(-c2cnn(S(C)(=O)=O)c2)ncc1COc1ccc(NC(=O)CCCCC(=O)Nc2ccc(F)cc2)cc1F. The van der Waals surface area contributed by atoms with Crippen molar-refractivity contribution in [3.8, 4) is 17.0 Å². The second kappa shape index (κ2) is 15.0. The molecule has 0 atom stereocenters. The highest BCUT2D eigenvalue weighted by molar-refractivity contribution is 7.89. The lowest BCUT2D eigenvalue weighted by atomic mass is 10.1. The smallest absolute Gasteiger partial charge is 0.250 e. The standard InChI is InChI=1S/C31H30F2N6O5S/c1-3-14-34-28-16-27(21-18-36-39(19-21)45(2,42)43)35-17-22(28)20-44-29-13-12-25(15-26(29)33)38-31(41)7-5-4-6-30(40)37-24-10-8-23(32)9-11-24/h3,8-19H,1,4-7,20H2,2H3,(H,37,40)(H,38,41)/b34-14-. The number of carbonyl (C=O) groups is 2. The molecule has 14 heteroatoms. The minimum Gasteiger partial charge on any atom is -0.486 e. The third-order valence-electron chi connectivity index (χ3n) is 6.26. The van der Waals surface area contributed by atoms with Crippen LogP contribution in [-0.2, 0) is 26.2 Å². The van der Waals surface area contributed by atoms with E-state index in [0.29, 0.717) is 41.0 Å². The van der Waals surface area contributed by atoms with Crippen LogP contribution in [0.5, 0.6) is 5.75 Å². The molecule has 0 saturated carbocycles. The minimum absolute atomic E-state index is 0.0580. The number of anilines is 2. The van der Waals surface area contributed by atoms with Crippen LogP contribution in [0.3, 0.4) is 0 Å². The van der Waals surface area contributed by atoms with Gasteiger partial charge in [-0.3, -0.25) is 19.6 Å². The molecule has 234 valence electrons. The lowest BCUT2D eigenvalue weighted by Gasteiger charge is -2.12. The molecule has 4 rings (SSSR count). The van der Waals surface area contributed by atoms with Gasteiger partial charge in [0, 0.05) is 53.8 Å². The number of amides is 2. The van der Waals surface area contributed by atoms with E-state index < -0.39 is 21.7 Å². The number of benzene rings is 2. The molecule has 4 aromatic rings. The van der Waals surface area contributed by atoms with E-state index in [0.717, 1.165) is 16.4 Å². The number of nitrogens with one attached hydrogen (secondary N) is 2. The Morgan fingerprint density at radius 3 is 2.29 bits per heavy atom. The van der Waals surface area contributed by atoms with Crippen molar-refractivity contribution in [3.05, 3.63) is 97.0 Å². The number of aliphatic imine (C=N–C) groups is 1. The van der Waals surface area contributed by atoms with Crippen LogP contribution in [0.25, 0.3) is 11.3 Å². The van der Waals surface area contributed by atoms with Gasteiger partial charge in [0.2, 0.25) is 11.8 Å². The van der Waals surface area contributed by atoms with E-state index in [9.17, 15) is 26.8 Å². The first-order valence-electron chi connectivity index (χ1n) is 13.7. The number of halogens is 2. The molecule has 2 N–H and O–H groups in total. The first-order chi connectivity index (χ1) is 21.5. The number of ether oxygens (including phenoxy) is 1. The molecule has 0 saturated heterocycles. The zero-order valence-corrected chi connectivity index (χ0v) is 25.1. The van der Waals surface area contributed by atoms with Crippen LogP contribution in [0.4, 0.5) is 25.8 Å². The topological polar surface area (TPSA) is 145 Å². The third-order valence-corrected chi connectivity index (χ3v) is 7.14. The maximum atomic E-state index is 14.8. The molecule has 2 aromatic heterocycles. The van der Waals surface area contributed by atoms with Crippen LogP contribution in [-0.4, -0.2) is 46.9 Å². The van der Waals surface area contributed by atoms with Crippen LogP contribution in [0.15, 0.2) is 84.8 Å². The van der Waals surface area contributed by atoms with Crippen molar-refractivity contribution in [1.82, 2.24) is 14.2 Å². The van der Waals surface area contributed by atoms with Crippen molar-refractivity contribution in [2.75, 3.05) is 16.9 Å². The highest BCUT2D eigenvalue weighted by Gasteiger charge is 2.14. The van der Waals surface area contributed by atoms with E-state index in [4.69, 9.17) is 4.74 Å². The summed E-state index contributed by atoms with van der Waals surface area (Å²) in [5, 5.41) is 9.14. The van der Waals surface area contributed by atoms with Crippen molar-refractivity contribution in [3.63, 3.8) is 0 Å². The van der Waals surface area contributed by atoms with Crippen LogP contribution < -0.4 is 15.4 Å². The molecule has 0 spiro atoms. The van der Waals surface area contributed by atoms with Crippen molar-refractivity contribution in [2.24, 2.45) is 4.99 Å². The van der Waals surface area contributed by atoms with Gasteiger partial charge >= 0.3 is 0 Å². The number of hydrogen-bond donors (Lipinski definition) is 2. The molecule has 0 aliphatic heterocycles. The summed E-state index contributed by atoms with van der Waals surface area (Å²) in [5.41, 5.74) is 2.58. The number of pyridine rings is 1. The Bertz CT molecular complexity index is 1820. The van der Waals surface area contributed by atoms with Gasteiger partial charge in [0.15, 0.2) is 11.6 Å². The van der Waals surface area contributed by atoms with E-state index >= 15 is 0 Å². The number of unbranched alkanes of at least 4 members (excludes halogenated alkanes) is 1. The summed E-state index contributed by atoms with van der Waals surface area (Å²) in [5.74, 6) is -1.73. The third kappa shape index (κ3) is 9.63. The van der Waals surface area contributed by atoms with Crippen LogP contribution in [0, 0.1) is 11.6 Å². The van der Waals surface area contributed by atoms with Crippen molar-refractivity contribution >= 4 is 45.1 Å². The zero-order chi connectivity index (χ0) is 32.4. The fourth-order valence-electron chi connectivity index (χ4n) is 4.02. The summed E-state index contributed by atoms with van der Waals surface area (Å²) < 4.78 is 57.8. The molecular weight excluding hydrogens is 606 g/mol. The maximum absolute atomic E-state index is 14.8. The van der Waals surface area contributed by atoms with Gasteiger partial charge < -0.3 is 15.4 Å². The number of allylic oxidation sites excluding steroid dienone is 1. The van der Waals surface area contributed by atoms with Crippen LogP contribution in [0.2, 0.25) is 0 Å². The first-order valence-corrected chi connectivity index (χ1v) is 15.5. The second-order valence-electron chi connectivity index (χ2n) is 9.82. The van der Waals surface area contributed by atoms with Gasteiger partial charge in [-0.2, -0.15) is 9.19 Å². The molecule has 0 fully saturated rings. The largest absolute Gasteiger partial charge is 0.486 e. The molecular formula is C31H30F2N6O5S. The van der Waals surface area contributed by atoms with Gasteiger partial charge in [-0.05, 0) is 55.3 Å². The van der Waals surface area contributed by atoms with Crippen LogP contribution >= 0.6 is 0 Å². The summed E-state index contributed by atoms with van der Waals surface area (Å²) in [7, 11) is -3.56. The Labute approximate surface area is 258 Å². The molecule has 2 aromatic carbocycles. The lowest BCUT2D eigenvalue weighted by Crippen LogP contribution is -2.13. The van der Waals surface area contributed by atoms with E-state index in [-0.39, 0.29) is 42.7 Å². The fourth-order valence-corrected chi connectivity index (χ4v) is 4.54. The highest BCUT2D eigenvalue weighted by Crippen LogP contribution is 2.28. The quantitative estimate of drug-likeness (QED) is 0.135. The summed E-state index contributed by atoms with van der Waals surface area (Å²) in [6.45, 7) is 3.53. The van der Waals surface area contributed by atoms with E-state index in [1.807, 2.05) is 0 Å². The second-order valence-corrected chi connectivity index (χ2v) is 11.7. The zero-order valence-electron chi connectivity index (χ0n) is 24.2. The van der Waals surface area contributed by atoms with Crippen molar-refractivity contribution in [1.29, 1.82) is 0 Å². The summed E-state index contributed by atoms with van der Waals surface area (Å²) in [6, 6.07) is 11.1. The maximum Gasteiger partial charge on any atom is 0.250 e. The highest BCUT2D eigenvalue weighted by atomic mass is 32.2. The monoisotopic (exact) mass is 636 g/mol. The first kappa shape index (κ1) is 32.7. The molecule has 2 heterocycles. The fraction of sp³-hybridized carbons (Fsp3) is 0.194. The normalized spacial score (nSPS) is 11.4. The molecule has 2 amide bonds. The Hall–Kier alpha value is -5.24. The van der Waals surface area contributed by atoms with Gasteiger partial charge in [0.25, 0.3) is 10.0 Å². The molecule has 0 aliphatic rings. The molecule has 11 nitrogen and oxygen atoms in total. The van der Waals surface area contributed by atoms with Gasteiger partial charge in [-0.25, -0.2) is 17.2 Å². The Morgan fingerprint density at radius 2 is 1.67 bits per heavy atom. The Balaban J connectivity index is 1.29. The minimum atomic E-state index is -3.56. The van der Waals surface area contributed by atoms with E-state index in [1.54, 1.807) is 6.07 Å². The van der Waals surface area contributed by atoms with E-state index in [1.165, 1.54) is 67.3 Å². The number of aromatic nitrogens is 3. The van der Waals surface area contributed by atoms with Crippen molar-refractivity contribution < 1.29 is 31.5 Å². The van der Waals surface area contributed by atoms with E-state index in [2.05, 4.69) is 32.3 Å².